The summed E-state index contributed by atoms with van der Waals surface area (Å²) in [6.45, 7) is 1.55. The molecule has 0 aromatic carbocycles. The van der Waals surface area contributed by atoms with Crippen LogP contribution in [0.15, 0.2) is 0 Å². The molecule has 0 radical (unpaired) electrons. The summed E-state index contributed by atoms with van der Waals surface area (Å²) in [6.07, 6.45) is 0.280. The van der Waals surface area contributed by atoms with Crippen LogP contribution in [-0.4, -0.2) is 37.4 Å². The van der Waals surface area contributed by atoms with Gasteiger partial charge in [0.05, 0.1) is 23.0 Å². The molecule has 0 saturated carbocycles. The van der Waals surface area contributed by atoms with Crippen molar-refractivity contribution in [2.45, 2.75) is 19.4 Å². The van der Waals surface area contributed by atoms with Crippen LogP contribution in [-0.2, 0) is 14.6 Å². The second-order valence-electron chi connectivity index (χ2n) is 3.57. The van der Waals surface area contributed by atoms with Crippen molar-refractivity contribution in [2.75, 3.05) is 11.5 Å². The number of rotatable bonds is 3. The lowest BCUT2D eigenvalue weighted by Crippen LogP contribution is -2.51. The van der Waals surface area contributed by atoms with E-state index in [-0.39, 0.29) is 17.9 Å². The van der Waals surface area contributed by atoms with E-state index in [9.17, 15) is 13.2 Å². The van der Waals surface area contributed by atoms with E-state index in [1.807, 2.05) is 0 Å². The van der Waals surface area contributed by atoms with Gasteiger partial charge in [-0.05, 0) is 13.3 Å². The SMILES string of the molecule is CC(O)CC1(C=O)CS(=O)(=O)C1. The highest BCUT2D eigenvalue weighted by molar-refractivity contribution is 7.93. The summed E-state index contributed by atoms with van der Waals surface area (Å²) in [6, 6.07) is 0. The molecule has 1 N–H and O–H groups in total. The van der Waals surface area contributed by atoms with E-state index in [2.05, 4.69) is 0 Å². The van der Waals surface area contributed by atoms with E-state index in [4.69, 9.17) is 5.11 Å². The molecule has 0 bridgehead atoms. The van der Waals surface area contributed by atoms with Gasteiger partial charge in [-0.1, -0.05) is 0 Å². The lowest BCUT2D eigenvalue weighted by atomic mass is 9.87. The smallest absolute Gasteiger partial charge is 0.152 e. The van der Waals surface area contributed by atoms with E-state index < -0.39 is 21.4 Å². The molecule has 1 fully saturated rings. The van der Waals surface area contributed by atoms with Crippen molar-refractivity contribution >= 4 is 16.1 Å². The molecule has 0 amide bonds. The average molecular weight is 192 g/mol. The summed E-state index contributed by atoms with van der Waals surface area (Å²) >= 11 is 0. The van der Waals surface area contributed by atoms with Crippen LogP contribution in [0, 0.1) is 5.41 Å². The third kappa shape index (κ3) is 1.84. The first-order valence-corrected chi connectivity index (χ1v) is 5.56. The highest BCUT2D eigenvalue weighted by atomic mass is 32.2. The zero-order chi connectivity index (χ0) is 9.41. The molecule has 0 aromatic rings. The van der Waals surface area contributed by atoms with E-state index in [0.29, 0.717) is 6.29 Å². The summed E-state index contributed by atoms with van der Waals surface area (Å²) in [4.78, 5) is 10.6. The Labute approximate surface area is 71.5 Å². The Morgan fingerprint density at radius 1 is 1.58 bits per heavy atom. The second-order valence-corrected chi connectivity index (χ2v) is 5.63. The largest absolute Gasteiger partial charge is 0.393 e. The van der Waals surface area contributed by atoms with Gasteiger partial charge in [-0.25, -0.2) is 8.42 Å². The highest BCUT2D eigenvalue weighted by Gasteiger charge is 2.48. The third-order valence-electron chi connectivity index (χ3n) is 1.97. The number of hydrogen-bond donors (Lipinski definition) is 1. The van der Waals surface area contributed by atoms with Crippen LogP contribution < -0.4 is 0 Å². The molecular formula is C7H12O4S. The fourth-order valence-electron chi connectivity index (χ4n) is 1.66. The zero-order valence-electron chi connectivity index (χ0n) is 6.86. The first-order valence-electron chi connectivity index (χ1n) is 3.74. The Hall–Kier alpha value is -0.420. The van der Waals surface area contributed by atoms with Crippen LogP contribution in [0.25, 0.3) is 0 Å². The van der Waals surface area contributed by atoms with Gasteiger partial charge in [0.15, 0.2) is 9.84 Å². The minimum atomic E-state index is -2.99. The van der Waals surface area contributed by atoms with Gasteiger partial charge < -0.3 is 9.90 Å². The average Bonchev–Trinajstić information content (AvgIpc) is 1.81. The number of carbonyl (C=O) groups excluding carboxylic acids is 1. The molecule has 0 spiro atoms. The number of aliphatic hydroxyl groups excluding tert-OH is 1. The van der Waals surface area contributed by atoms with Crippen molar-refractivity contribution in [2.24, 2.45) is 5.41 Å². The maximum absolute atomic E-state index is 10.8. The van der Waals surface area contributed by atoms with Gasteiger partial charge >= 0.3 is 0 Å². The van der Waals surface area contributed by atoms with Crippen molar-refractivity contribution in [1.82, 2.24) is 0 Å². The topological polar surface area (TPSA) is 71.4 Å². The fourth-order valence-corrected chi connectivity index (χ4v) is 3.70. The zero-order valence-corrected chi connectivity index (χ0v) is 7.67. The van der Waals surface area contributed by atoms with E-state index in [1.165, 1.54) is 0 Å². The van der Waals surface area contributed by atoms with Crippen LogP contribution in [0.5, 0.6) is 0 Å². The molecule has 1 aliphatic rings. The predicted octanol–water partition coefficient (Wildman–Crippen LogP) is -0.629. The van der Waals surface area contributed by atoms with Crippen molar-refractivity contribution in [3.05, 3.63) is 0 Å². The molecule has 70 valence electrons. The van der Waals surface area contributed by atoms with Gasteiger partial charge in [0.1, 0.15) is 6.29 Å². The molecular weight excluding hydrogens is 180 g/mol. The number of hydrogen-bond acceptors (Lipinski definition) is 4. The summed E-state index contributed by atoms with van der Waals surface area (Å²) in [7, 11) is -2.99. The molecule has 1 unspecified atom stereocenters. The van der Waals surface area contributed by atoms with Gasteiger partial charge in [-0.15, -0.1) is 0 Å². The first-order chi connectivity index (χ1) is 5.39. The van der Waals surface area contributed by atoms with E-state index >= 15 is 0 Å². The monoisotopic (exact) mass is 192 g/mol. The number of carbonyl (C=O) groups is 1. The van der Waals surface area contributed by atoms with Gasteiger partial charge in [0.2, 0.25) is 0 Å². The molecule has 1 heterocycles. The molecule has 5 heteroatoms. The maximum Gasteiger partial charge on any atom is 0.152 e. The van der Waals surface area contributed by atoms with Crippen LogP contribution in [0.3, 0.4) is 0 Å². The normalized spacial score (nSPS) is 27.2. The molecule has 0 aliphatic carbocycles. The molecule has 12 heavy (non-hydrogen) atoms. The Balaban J connectivity index is 2.65. The molecule has 1 atom stereocenters. The van der Waals surface area contributed by atoms with Crippen LogP contribution in [0.4, 0.5) is 0 Å². The lowest BCUT2D eigenvalue weighted by molar-refractivity contribution is -0.116. The fraction of sp³-hybridized carbons (Fsp3) is 0.857. The number of aliphatic hydroxyl groups is 1. The number of sulfone groups is 1. The summed E-state index contributed by atoms with van der Waals surface area (Å²) < 4.78 is 21.6. The number of aldehydes is 1. The van der Waals surface area contributed by atoms with Crippen molar-refractivity contribution < 1.29 is 18.3 Å². The second kappa shape index (κ2) is 2.81. The lowest BCUT2D eigenvalue weighted by Gasteiger charge is -2.36. The summed E-state index contributed by atoms with van der Waals surface area (Å²) in [5.74, 6) is -0.206. The van der Waals surface area contributed by atoms with Gasteiger partial charge in [-0.2, -0.15) is 0 Å². The minimum Gasteiger partial charge on any atom is -0.393 e. The van der Waals surface area contributed by atoms with Crippen molar-refractivity contribution in [1.29, 1.82) is 0 Å². The van der Waals surface area contributed by atoms with Crippen molar-refractivity contribution in [3.8, 4) is 0 Å². The van der Waals surface area contributed by atoms with Gasteiger partial charge in [0.25, 0.3) is 0 Å². The first kappa shape index (κ1) is 9.67. The van der Waals surface area contributed by atoms with Crippen LogP contribution in [0.2, 0.25) is 0 Å². The van der Waals surface area contributed by atoms with E-state index in [0.717, 1.165) is 0 Å². The molecule has 1 rings (SSSR count). The molecule has 0 aromatic heterocycles. The molecule has 4 nitrogen and oxygen atoms in total. The Bertz CT molecular complexity index is 266. The minimum absolute atomic E-state index is 0.103. The standard InChI is InChI=1S/C7H12O4S/c1-6(9)2-7(3-8)4-12(10,11)5-7/h3,6,9H,2,4-5H2,1H3. The van der Waals surface area contributed by atoms with Gasteiger partial charge in [-0.3, -0.25) is 0 Å². The van der Waals surface area contributed by atoms with Gasteiger partial charge in [0, 0.05) is 0 Å². The van der Waals surface area contributed by atoms with Crippen LogP contribution >= 0.6 is 0 Å². The summed E-state index contributed by atoms with van der Waals surface area (Å²) in [5.41, 5.74) is -0.799. The van der Waals surface area contributed by atoms with E-state index in [1.54, 1.807) is 6.92 Å². The predicted molar refractivity (Wildman–Crippen MR) is 43.4 cm³/mol. The highest BCUT2D eigenvalue weighted by Crippen LogP contribution is 2.35. The Kier molecular flexibility index (Phi) is 2.27. The molecule has 1 saturated heterocycles. The summed E-state index contributed by atoms with van der Waals surface area (Å²) in [5, 5.41) is 9.00. The molecule has 1 aliphatic heterocycles. The maximum atomic E-state index is 10.8. The quantitative estimate of drug-likeness (QED) is 0.604. The van der Waals surface area contributed by atoms with Crippen LogP contribution in [0.1, 0.15) is 13.3 Å². The third-order valence-corrected chi connectivity index (χ3v) is 4.00. The Morgan fingerprint density at radius 2 is 2.08 bits per heavy atom. The Morgan fingerprint density at radius 3 is 2.33 bits per heavy atom. The van der Waals surface area contributed by atoms with Crippen molar-refractivity contribution in [3.63, 3.8) is 0 Å².